The van der Waals surface area contributed by atoms with E-state index in [9.17, 15) is 0 Å². The zero-order valence-electron chi connectivity index (χ0n) is 9.21. The summed E-state index contributed by atoms with van der Waals surface area (Å²) in [5, 5.41) is 0. The van der Waals surface area contributed by atoms with E-state index in [1.165, 1.54) is 12.8 Å². The Balaban J connectivity index is 1.93. The number of hydrogen-bond acceptors (Lipinski definition) is 1. The van der Waals surface area contributed by atoms with Gasteiger partial charge in [0.25, 0.3) is 0 Å². The lowest BCUT2D eigenvalue weighted by atomic mass is 10.2. The molecule has 2 rings (SSSR count). The molecule has 1 aromatic carbocycles. The Bertz CT molecular complexity index is 399. The summed E-state index contributed by atoms with van der Waals surface area (Å²) in [6, 6.07) is 7.99. The first kappa shape index (κ1) is 11.4. The molecule has 0 N–H and O–H groups in total. The van der Waals surface area contributed by atoms with Gasteiger partial charge in [-0.15, -0.1) is 11.6 Å². The Kier molecular flexibility index (Phi) is 4.13. The number of rotatable bonds is 4. The molecule has 1 fully saturated rings. The fourth-order valence-corrected chi connectivity index (χ4v) is 1.48. The molecule has 0 spiro atoms. The molecule has 1 nitrogen and oxygen atoms in total. The van der Waals surface area contributed by atoms with Crippen molar-refractivity contribution in [1.82, 2.24) is 0 Å². The van der Waals surface area contributed by atoms with Crippen LogP contribution in [-0.2, 0) is 0 Å². The van der Waals surface area contributed by atoms with Gasteiger partial charge in [0.15, 0.2) is 0 Å². The SMILES string of the molecule is ClCCCC#Cc1cccc(OC2CC2)c1. The van der Waals surface area contributed by atoms with Crippen molar-refractivity contribution in [1.29, 1.82) is 0 Å². The number of alkyl halides is 1. The summed E-state index contributed by atoms with van der Waals surface area (Å²) in [6.45, 7) is 0. The van der Waals surface area contributed by atoms with E-state index in [2.05, 4.69) is 11.8 Å². The second-order valence-corrected chi connectivity index (χ2v) is 4.32. The van der Waals surface area contributed by atoms with Crippen LogP contribution in [0, 0.1) is 11.8 Å². The molecule has 0 bridgehead atoms. The first-order valence-corrected chi connectivity index (χ1v) is 6.23. The van der Waals surface area contributed by atoms with Gasteiger partial charge in [-0.05, 0) is 37.5 Å². The van der Waals surface area contributed by atoms with Gasteiger partial charge in [0.05, 0.1) is 6.10 Å². The Morgan fingerprint density at radius 2 is 2.25 bits per heavy atom. The summed E-state index contributed by atoms with van der Waals surface area (Å²) in [4.78, 5) is 0. The number of benzene rings is 1. The van der Waals surface area contributed by atoms with Crippen LogP contribution in [0.2, 0.25) is 0 Å². The van der Waals surface area contributed by atoms with Crippen molar-refractivity contribution in [2.24, 2.45) is 0 Å². The van der Waals surface area contributed by atoms with Crippen molar-refractivity contribution in [3.63, 3.8) is 0 Å². The van der Waals surface area contributed by atoms with Crippen molar-refractivity contribution in [3.8, 4) is 17.6 Å². The topological polar surface area (TPSA) is 9.23 Å². The second kappa shape index (κ2) is 5.82. The van der Waals surface area contributed by atoms with Crippen LogP contribution in [0.15, 0.2) is 24.3 Å². The fraction of sp³-hybridized carbons (Fsp3) is 0.429. The van der Waals surface area contributed by atoms with E-state index in [0.29, 0.717) is 12.0 Å². The van der Waals surface area contributed by atoms with Crippen LogP contribution in [0.25, 0.3) is 0 Å². The minimum atomic E-state index is 0.444. The van der Waals surface area contributed by atoms with E-state index < -0.39 is 0 Å². The van der Waals surface area contributed by atoms with Crippen molar-refractivity contribution in [3.05, 3.63) is 29.8 Å². The fourth-order valence-electron chi connectivity index (χ4n) is 1.35. The average Bonchev–Trinajstić information content (AvgIpc) is 3.09. The van der Waals surface area contributed by atoms with E-state index in [-0.39, 0.29) is 0 Å². The molecule has 0 radical (unpaired) electrons. The average molecular weight is 235 g/mol. The third kappa shape index (κ3) is 3.79. The van der Waals surface area contributed by atoms with Crippen LogP contribution < -0.4 is 4.74 Å². The van der Waals surface area contributed by atoms with Crippen LogP contribution in [0.3, 0.4) is 0 Å². The standard InChI is InChI=1S/C14H15ClO/c15-10-3-1-2-5-12-6-4-7-14(11-12)16-13-8-9-13/h4,6-7,11,13H,1,3,8-10H2. The normalized spacial score (nSPS) is 14.1. The van der Waals surface area contributed by atoms with Gasteiger partial charge in [0.1, 0.15) is 5.75 Å². The molecule has 1 saturated carbocycles. The highest BCUT2D eigenvalue weighted by Crippen LogP contribution is 2.26. The molecule has 0 aromatic heterocycles. The predicted octanol–water partition coefficient (Wildman–Crippen LogP) is 3.60. The molecule has 1 aliphatic rings. The Morgan fingerprint density at radius 3 is 3.00 bits per heavy atom. The van der Waals surface area contributed by atoms with Gasteiger partial charge in [0, 0.05) is 17.9 Å². The molecule has 0 aliphatic heterocycles. The summed E-state index contributed by atoms with van der Waals surface area (Å²) in [6.07, 6.45) is 4.63. The quantitative estimate of drug-likeness (QED) is 0.440. The van der Waals surface area contributed by atoms with Gasteiger partial charge in [-0.2, -0.15) is 0 Å². The Labute approximate surface area is 102 Å². The molecular formula is C14H15ClO. The lowest BCUT2D eigenvalue weighted by Gasteiger charge is -2.03. The summed E-state index contributed by atoms with van der Waals surface area (Å²) >= 11 is 5.58. The molecule has 1 aliphatic carbocycles. The van der Waals surface area contributed by atoms with Gasteiger partial charge < -0.3 is 4.74 Å². The first-order chi connectivity index (χ1) is 7.88. The lowest BCUT2D eigenvalue weighted by molar-refractivity contribution is 0.303. The number of hydrogen-bond donors (Lipinski definition) is 0. The van der Waals surface area contributed by atoms with Crippen molar-refractivity contribution < 1.29 is 4.74 Å². The first-order valence-electron chi connectivity index (χ1n) is 5.70. The molecular weight excluding hydrogens is 220 g/mol. The molecule has 0 heterocycles. The van der Waals surface area contributed by atoms with Gasteiger partial charge in [-0.3, -0.25) is 0 Å². The smallest absolute Gasteiger partial charge is 0.120 e. The Morgan fingerprint density at radius 1 is 1.38 bits per heavy atom. The van der Waals surface area contributed by atoms with Gasteiger partial charge in [-0.1, -0.05) is 17.9 Å². The molecule has 16 heavy (non-hydrogen) atoms. The summed E-state index contributed by atoms with van der Waals surface area (Å²) in [5.74, 6) is 7.85. The van der Waals surface area contributed by atoms with Crippen molar-refractivity contribution in [2.75, 3.05) is 5.88 Å². The van der Waals surface area contributed by atoms with Crippen LogP contribution in [0.5, 0.6) is 5.75 Å². The maximum Gasteiger partial charge on any atom is 0.120 e. The molecule has 2 heteroatoms. The van der Waals surface area contributed by atoms with Crippen LogP contribution in [-0.4, -0.2) is 12.0 Å². The van der Waals surface area contributed by atoms with Gasteiger partial charge in [0.2, 0.25) is 0 Å². The summed E-state index contributed by atoms with van der Waals surface area (Å²) < 4.78 is 5.70. The van der Waals surface area contributed by atoms with Crippen molar-refractivity contribution >= 4 is 11.6 Å². The van der Waals surface area contributed by atoms with E-state index in [1.54, 1.807) is 0 Å². The highest BCUT2D eigenvalue weighted by molar-refractivity contribution is 6.17. The van der Waals surface area contributed by atoms with E-state index in [4.69, 9.17) is 16.3 Å². The monoisotopic (exact) mass is 234 g/mol. The van der Waals surface area contributed by atoms with E-state index in [0.717, 1.165) is 24.2 Å². The molecule has 1 aromatic rings. The predicted molar refractivity (Wildman–Crippen MR) is 66.9 cm³/mol. The maximum absolute atomic E-state index is 5.70. The van der Waals surface area contributed by atoms with Crippen LogP contribution in [0.1, 0.15) is 31.2 Å². The molecule has 0 saturated heterocycles. The summed E-state index contributed by atoms with van der Waals surface area (Å²) in [5.41, 5.74) is 1.02. The molecule has 0 atom stereocenters. The van der Waals surface area contributed by atoms with Gasteiger partial charge >= 0.3 is 0 Å². The lowest BCUT2D eigenvalue weighted by Crippen LogP contribution is -1.95. The zero-order valence-corrected chi connectivity index (χ0v) is 9.96. The number of halogens is 1. The third-order valence-corrected chi connectivity index (χ3v) is 2.60. The maximum atomic E-state index is 5.70. The van der Waals surface area contributed by atoms with Gasteiger partial charge in [-0.25, -0.2) is 0 Å². The summed E-state index contributed by atoms with van der Waals surface area (Å²) in [7, 11) is 0. The zero-order chi connectivity index (χ0) is 11.2. The van der Waals surface area contributed by atoms with Crippen molar-refractivity contribution in [2.45, 2.75) is 31.8 Å². The molecule has 0 unspecified atom stereocenters. The van der Waals surface area contributed by atoms with Crippen LogP contribution in [0.4, 0.5) is 0 Å². The highest BCUT2D eigenvalue weighted by Gasteiger charge is 2.23. The second-order valence-electron chi connectivity index (χ2n) is 3.94. The van der Waals surface area contributed by atoms with E-state index in [1.807, 2.05) is 24.3 Å². The van der Waals surface area contributed by atoms with E-state index >= 15 is 0 Å². The highest BCUT2D eigenvalue weighted by atomic mass is 35.5. The number of unbranched alkanes of at least 4 members (excludes halogenated alkanes) is 1. The largest absolute Gasteiger partial charge is 0.490 e. The Hall–Kier alpha value is -1.13. The minimum absolute atomic E-state index is 0.444. The van der Waals surface area contributed by atoms with Crippen LogP contribution >= 0.6 is 11.6 Å². The molecule has 84 valence electrons. The third-order valence-electron chi connectivity index (χ3n) is 2.33. The minimum Gasteiger partial charge on any atom is -0.490 e. The molecule has 0 amide bonds. The number of ether oxygens (including phenoxy) is 1.